The van der Waals surface area contributed by atoms with Gasteiger partial charge in [0.15, 0.2) is 0 Å². The van der Waals surface area contributed by atoms with Crippen molar-refractivity contribution in [2.24, 2.45) is 0 Å². The molecule has 0 aliphatic rings. The Kier molecular flexibility index (Phi) is 4.18. The lowest BCUT2D eigenvalue weighted by Gasteiger charge is -2.06. The Hall–Kier alpha value is -1.30. The van der Waals surface area contributed by atoms with Gasteiger partial charge in [0.05, 0.1) is 0 Å². The summed E-state index contributed by atoms with van der Waals surface area (Å²) in [5.41, 5.74) is 3.87. The molecule has 0 unspecified atom stereocenters. The zero-order valence-corrected chi connectivity index (χ0v) is 9.09. The third-order valence-electron chi connectivity index (χ3n) is 2.33. The summed E-state index contributed by atoms with van der Waals surface area (Å²) in [4.78, 5) is 0. The van der Waals surface area contributed by atoms with Gasteiger partial charge in [0.2, 0.25) is 0 Å². The van der Waals surface area contributed by atoms with Crippen LogP contribution in [0.25, 0.3) is 5.57 Å². The fourth-order valence-electron chi connectivity index (χ4n) is 1.50. The Morgan fingerprint density at radius 2 is 2.07 bits per heavy atom. The molecular formula is C14H18. The molecule has 0 saturated carbocycles. The van der Waals surface area contributed by atoms with Crippen LogP contribution in [0.5, 0.6) is 0 Å². The van der Waals surface area contributed by atoms with Crippen molar-refractivity contribution in [1.29, 1.82) is 0 Å². The summed E-state index contributed by atoms with van der Waals surface area (Å²) in [6.45, 7) is 8.19. The summed E-state index contributed by atoms with van der Waals surface area (Å²) >= 11 is 0. The van der Waals surface area contributed by atoms with Crippen molar-refractivity contribution in [3.05, 3.63) is 54.1 Å². The van der Waals surface area contributed by atoms with Crippen LogP contribution >= 0.6 is 0 Å². The van der Waals surface area contributed by atoms with Gasteiger partial charge < -0.3 is 0 Å². The molecule has 14 heavy (non-hydrogen) atoms. The first-order chi connectivity index (χ1) is 6.79. The molecule has 0 fully saturated rings. The van der Waals surface area contributed by atoms with Crippen molar-refractivity contribution in [2.45, 2.75) is 26.7 Å². The van der Waals surface area contributed by atoms with Crippen LogP contribution in [-0.2, 0) is 0 Å². The largest absolute Gasteiger partial charge is 0.0985 e. The minimum atomic E-state index is 1.12. The summed E-state index contributed by atoms with van der Waals surface area (Å²) in [6.07, 6.45) is 6.51. The van der Waals surface area contributed by atoms with E-state index in [1.54, 1.807) is 0 Å². The van der Waals surface area contributed by atoms with Gasteiger partial charge >= 0.3 is 0 Å². The molecule has 0 amide bonds. The third-order valence-corrected chi connectivity index (χ3v) is 2.33. The minimum Gasteiger partial charge on any atom is -0.0985 e. The SMILES string of the molecule is C=CC(=CCCC)c1ccccc1C. The van der Waals surface area contributed by atoms with Crippen molar-refractivity contribution >= 4 is 5.57 Å². The van der Waals surface area contributed by atoms with Gasteiger partial charge in [-0.2, -0.15) is 0 Å². The fraction of sp³-hybridized carbons (Fsp3) is 0.286. The van der Waals surface area contributed by atoms with Gasteiger partial charge in [-0.25, -0.2) is 0 Å². The highest BCUT2D eigenvalue weighted by molar-refractivity contribution is 5.75. The Balaban J connectivity index is 3.01. The number of aryl methyl sites for hydroxylation is 1. The molecule has 0 nitrogen and oxygen atoms in total. The van der Waals surface area contributed by atoms with Crippen LogP contribution in [0, 0.1) is 6.92 Å². The number of allylic oxidation sites excluding steroid dienone is 3. The molecule has 0 aliphatic heterocycles. The van der Waals surface area contributed by atoms with Gasteiger partial charge in [-0.3, -0.25) is 0 Å². The van der Waals surface area contributed by atoms with Crippen LogP contribution in [-0.4, -0.2) is 0 Å². The van der Waals surface area contributed by atoms with Crippen molar-refractivity contribution < 1.29 is 0 Å². The van der Waals surface area contributed by atoms with Crippen molar-refractivity contribution in [3.8, 4) is 0 Å². The van der Waals surface area contributed by atoms with Crippen LogP contribution in [0.2, 0.25) is 0 Å². The van der Waals surface area contributed by atoms with Crippen LogP contribution < -0.4 is 0 Å². The minimum absolute atomic E-state index is 1.12. The van der Waals surface area contributed by atoms with E-state index in [2.05, 4.69) is 50.8 Å². The number of benzene rings is 1. The van der Waals surface area contributed by atoms with Crippen LogP contribution in [0.4, 0.5) is 0 Å². The van der Waals surface area contributed by atoms with Gasteiger partial charge in [-0.15, -0.1) is 0 Å². The summed E-state index contributed by atoms with van der Waals surface area (Å²) in [6, 6.07) is 8.43. The highest BCUT2D eigenvalue weighted by Gasteiger charge is 1.99. The van der Waals surface area contributed by atoms with Gasteiger partial charge in [-0.05, 0) is 30.0 Å². The first kappa shape index (κ1) is 10.8. The second kappa shape index (κ2) is 5.43. The highest BCUT2D eigenvalue weighted by Crippen LogP contribution is 2.20. The van der Waals surface area contributed by atoms with Crippen LogP contribution in [0.3, 0.4) is 0 Å². The molecule has 0 saturated heterocycles. The lowest BCUT2D eigenvalue weighted by atomic mass is 9.99. The highest BCUT2D eigenvalue weighted by atomic mass is 14.0. The molecule has 74 valence electrons. The number of unbranched alkanes of at least 4 members (excludes halogenated alkanes) is 1. The molecule has 0 heterocycles. The molecular weight excluding hydrogens is 168 g/mol. The first-order valence-corrected chi connectivity index (χ1v) is 5.18. The number of hydrogen-bond acceptors (Lipinski definition) is 0. The van der Waals surface area contributed by atoms with E-state index in [0.717, 1.165) is 6.42 Å². The van der Waals surface area contributed by atoms with Crippen molar-refractivity contribution in [1.82, 2.24) is 0 Å². The smallest absolute Gasteiger partial charge is 0.0158 e. The zero-order chi connectivity index (χ0) is 10.4. The fourth-order valence-corrected chi connectivity index (χ4v) is 1.50. The van der Waals surface area contributed by atoms with E-state index >= 15 is 0 Å². The molecule has 1 aromatic carbocycles. The van der Waals surface area contributed by atoms with E-state index in [4.69, 9.17) is 0 Å². The maximum Gasteiger partial charge on any atom is -0.0158 e. The van der Waals surface area contributed by atoms with E-state index in [9.17, 15) is 0 Å². The van der Waals surface area contributed by atoms with Gasteiger partial charge in [-0.1, -0.05) is 56.3 Å². The molecule has 1 rings (SSSR count). The van der Waals surface area contributed by atoms with E-state index in [1.807, 2.05) is 6.08 Å². The molecule has 0 aromatic heterocycles. The quantitative estimate of drug-likeness (QED) is 0.613. The Morgan fingerprint density at radius 3 is 2.64 bits per heavy atom. The monoisotopic (exact) mass is 186 g/mol. The van der Waals surface area contributed by atoms with Crippen molar-refractivity contribution in [2.75, 3.05) is 0 Å². The standard InChI is InChI=1S/C14H18/c1-4-6-10-13(5-2)14-11-8-7-9-12(14)3/h5,7-11H,2,4,6H2,1,3H3. The molecule has 0 atom stereocenters. The predicted octanol–water partition coefficient (Wildman–Crippen LogP) is 4.36. The van der Waals surface area contributed by atoms with E-state index in [-0.39, 0.29) is 0 Å². The average Bonchev–Trinajstić information content (AvgIpc) is 2.21. The summed E-state index contributed by atoms with van der Waals surface area (Å²) in [5, 5.41) is 0. The maximum absolute atomic E-state index is 3.86. The Morgan fingerprint density at radius 1 is 1.36 bits per heavy atom. The van der Waals surface area contributed by atoms with E-state index in [0.29, 0.717) is 0 Å². The second-order valence-corrected chi connectivity index (χ2v) is 3.47. The molecule has 0 bridgehead atoms. The van der Waals surface area contributed by atoms with Crippen molar-refractivity contribution in [3.63, 3.8) is 0 Å². The topological polar surface area (TPSA) is 0 Å². The zero-order valence-electron chi connectivity index (χ0n) is 9.09. The molecule has 0 radical (unpaired) electrons. The first-order valence-electron chi connectivity index (χ1n) is 5.18. The Labute approximate surface area is 87.0 Å². The lowest BCUT2D eigenvalue weighted by Crippen LogP contribution is -1.85. The summed E-state index contributed by atoms with van der Waals surface area (Å²) in [5.74, 6) is 0. The van der Waals surface area contributed by atoms with Gasteiger partial charge in [0.25, 0.3) is 0 Å². The van der Waals surface area contributed by atoms with Crippen LogP contribution in [0.1, 0.15) is 30.9 Å². The molecule has 0 heteroatoms. The maximum atomic E-state index is 3.86. The molecule has 0 spiro atoms. The average molecular weight is 186 g/mol. The number of hydrogen-bond donors (Lipinski definition) is 0. The summed E-state index contributed by atoms with van der Waals surface area (Å²) in [7, 11) is 0. The molecule has 0 N–H and O–H groups in total. The van der Waals surface area contributed by atoms with E-state index < -0.39 is 0 Å². The lowest BCUT2D eigenvalue weighted by molar-refractivity contribution is 0.960. The Bertz CT molecular complexity index is 332. The molecule has 1 aromatic rings. The predicted molar refractivity (Wildman–Crippen MR) is 64.3 cm³/mol. The van der Waals surface area contributed by atoms with Gasteiger partial charge in [0.1, 0.15) is 0 Å². The summed E-state index contributed by atoms with van der Waals surface area (Å²) < 4.78 is 0. The molecule has 0 aliphatic carbocycles. The van der Waals surface area contributed by atoms with E-state index in [1.165, 1.54) is 23.1 Å². The third kappa shape index (κ3) is 2.59. The van der Waals surface area contributed by atoms with Crippen LogP contribution in [0.15, 0.2) is 43.0 Å². The second-order valence-electron chi connectivity index (χ2n) is 3.47. The number of rotatable bonds is 4. The normalized spacial score (nSPS) is 11.4. The van der Waals surface area contributed by atoms with Gasteiger partial charge in [0, 0.05) is 0 Å².